The molecule has 0 atom stereocenters. The summed E-state index contributed by atoms with van der Waals surface area (Å²) >= 11 is 0. The first-order valence-electron chi connectivity index (χ1n) is 11.3. The molecule has 190 valence electrons. The van der Waals surface area contributed by atoms with Crippen molar-refractivity contribution in [1.29, 1.82) is 0 Å². The van der Waals surface area contributed by atoms with Gasteiger partial charge in [0.15, 0.2) is 0 Å². The topological polar surface area (TPSA) is 89.4 Å². The van der Waals surface area contributed by atoms with Gasteiger partial charge < -0.3 is 14.6 Å². The Hall–Kier alpha value is -3.89. The Morgan fingerprint density at radius 3 is 2.61 bits per heavy atom. The number of anilines is 1. The van der Waals surface area contributed by atoms with E-state index >= 15 is 0 Å². The third-order valence-electron chi connectivity index (χ3n) is 6.05. The summed E-state index contributed by atoms with van der Waals surface area (Å²) in [5.74, 6) is -0.508. The zero-order valence-corrected chi connectivity index (χ0v) is 20.5. The van der Waals surface area contributed by atoms with Crippen molar-refractivity contribution in [2.75, 3.05) is 18.6 Å². The van der Waals surface area contributed by atoms with Gasteiger partial charge in [0, 0.05) is 30.7 Å². The molecule has 0 unspecified atom stereocenters. The van der Waals surface area contributed by atoms with Crippen LogP contribution in [0, 0.1) is 6.92 Å². The van der Waals surface area contributed by atoms with Crippen molar-refractivity contribution >= 4 is 17.5 Å². The third kappa shape index (κ3) is 4.40. The summed E-state index contributed by atoms with van der Waals surface area (Å²) in [7, 11) is 1.42. The summed E-state index contributed by atoms with van der Waals surface area (Å²) in [6, 6.07) is 4.85. The van der Waals surface area contributed by atoms with Crippen LogP contribution in [0.3, 0.4) is 0 Å². The van der Waals surface area contributed by atoms with Crippen molar-refractivity contribution in [3.8, 4) is 17.1 Å². The number of nitrogens with zero attached hydrogens (tertiary/aromatic N) is 4. The molecule has 3 aromatic rings. The summed E-state index contributed by atoms with van der Waals surface area (Å²) in [4.78, 5) is 36.4. The summed E-state index contributed by atoms with van der Waals surface area (Å²) in [5.41, 5.74) is 2.25. The number of pyridine rings is 2. The minimum atomic E-state index is -4.38. The highest BCUT2D eigenvalue weighted by molar-refractivity contribution is 6.12. The Kier molecular flexibility index (Phi) is 6.27. The molecular formula is C25H26F3N5O3. The van der Waals surface area contributed by atoms with Crippen LogP contribution >= 0.6 is 0 Å². The van der Waals surface area contributed by atoms with E-state index < -0.39 is 18.3 Å². The number of ether oxygens (including phenoxy) is 1. The number of hydrogen-bond acceptors (Lipinski definition) is 5. The average Bonchev–Trinajstić information content (AvgIpc) is 3.31. The maximum atomic E-state index is 13.4. The predicted molar refractivity (Wildman–Crippen MR) is 127 cm³/mol. The molecule has 0 fully saturated rings. The smallest absolute Gasteiger partial charge is 0.406 e. The molecular weight excluding hydrogens is 475 g/mol. The van der Waals surface area contributed by atoms with Gasteiger partial charge in [0.1, 0.15) is 12.1 Å². The second kappa shape index (κ2) is 8.96. The van der Waals surface area contributed by atoms with Gasteiger partial charge in [-0.25, -0.2) is 9.97 Å². The van der Waals surface area contributed by atoms with Crippen molar-refractivity contribution in [1.82, 2.24) is 19.9 Å². The summed E-state index contributed by atoms with van der Waals surface area (Å²) in [6.07, 6.45) is -0.237. The summed E-state index contributed by atoms with van der Waals surface area (Å²) in [5, 5.41) is 2.72. The number of methoxy groups -OCH3 is 1. The van der Waals surface area contributed by atoms with Gasteiger partial charge in [0.2, 0.25) is 5.88 Å². The molecule has 1 aliphatic heterocycles. The van der Waals surface area contributed by atoms with Gasteiger partial charge in [-0.2, -0.15) is 13.2 Å². The van der Waals surface area contributed by atoms with E-state index in [1.54, 1.807) is 39.8 Å². The van der Waals surface area contributed by atoms with E-state index in [2.05, 4.69) is 10.3 Å². The van der Waals surface area contributed by atoms with Crippen LogP contribution in [0.2, 0.25) is 0 Å². The van der Waals surface area contributed by atoms with Gasteiger partial charge in [0.05, 0.1) is 35.3 Å². The quantitative estimate of drug-likeness (QED) is 0.539. The summed E-state index contributed by atoms with van der Waals surface area (Å²) in [6.45, 7) is 6.44. The van der Waals surface area contributed by atoms with Crippen LogP contribution in [0.1, 0.15) is 52.7 Å². The zero-order valence-electron chi connectivity index (χ0n) is 20.5. The lowest BCUT2D eigenvalue weighted by atomic mass is 9.96. The van der Waals surface area contributed by atoms with E-state index in [9.17, 15) is 22.8 Å². The minimum absolute atomic E-state index is 0.174. The number of halogens is 3. The number of rotatable bonds is 6. The molecule has 0 radical (unpaired) electrons. The van der Waals surface area contributed by atoms with Gasteiger partial charge in [-0.3, -0.25) is 14.5 Å². The fourth-order valence-corrected chi connectivity index (χ4v) is 4.48. The fourth-order valence-electron chi connectivity index (χ4n) is 4.48. The molecule has 0 bridgehead atoms. The lowest BCUT2D eigenvalue weighted by Gasteiger charge is -2.31. The molecule has 0 aromatic carbocycles. The number of carbonyl (C=O) groups is 2. The maximum absolute atomic E-state index is 13.4. The van der Waals surface area contributed by atoms with Gasteiger partial charge in [-0.15, -0.1) is 0 Å². The van der Waals surface area contributed by atoms with Crippen LogP contribution < -0.4 is 15.0 Å². The molecule has 1 N–H and O–H groups in total. The van der Waals surface area contributed by atoms with Crippen LogP contribution in [0.25, 0.3) is 11.3 Å². The second-order valence-electron chi connectivity index (χ2n) is 9.05. The summed E-state index contributed by atoms with van der Waals surface area (Å²) < 4.78 is 44.8. The number of fused-ring (bicyclic) bond motifs is 1. The van der Waals surface area contributed by atoms with E-state index in [4.69, 9.17) is 9.72 Å². The molecule has 0 saturated heterocycles. The van der Waals surface area contributed by atoms with Crippen LogP contribution in [0.5, 0.6) is 5.88 Å². The average molecular weight is 502 g/mol. The van der Waals surface area contributed by atoms with Crippen molar-refractivity contribution in [2.45, 2.75) is 46.0 Å². The normalized spacial score (nSPS) is 14.7. The Balaban J connectivity index is 1.77. The van der Waals surface area contributed by atoms with E-state index in [0.29, 0.717) is 40.3 Å². The van der Waals surface area contributed by atoms with Crippen LogP contribution in [-0.2, 0) is 12.1 Å². The maximum Gasteiger partial charge on any atom is 0.406 e. The first-order chi connectivity index (χ1) is 16.9. The Bertz CT molecular complexity index is 1350. The molecule has 2 amide bonds. The van der Waals surface area contributed by atoms with Crippen molar-refractivity contribution in [3.05, 3.63) is 59.2 Å². The van der Waals surface area contributed by atoms with E-state index in [-0.39, 0.29) is 23.3 Å². The molecule has 4 heterocycles. The molecule has 8 nitrogen and oxygen atoms in total. The molecule has 0 spiro atoms. The molecule has 0 aliphatic carbocycles. The lowest BCUT2D eigenvalue weighted by Crippen LogP contribution is -2.39. The van der Waals surface area contributed by atoms with E-state index in [0.717, 1.165) is 4.57 Å². The number of alkyl halides is 3. The van der Waals surface area contributed by atoms with E-state index in [1.165, 1.54) is 36.7 Å². The lowest BCUT2D eigenvalue weighted by molar-refractivity contribution is -0.140. The Morgan fingerprint density at radius 2 is 1.97 bits per heavy atom. The van der Waals surface area contributed by atoms with Crippen LogP contribution in [0.4, 0.5) is 18.9 Å². The fraction of sp³-hybridized carbons (Fsp3) is 0.360. The number of aryl methyl sites for hydroxylation is 1. The number of nitrogens with one attached hydrogen (secondary N) is 1. The van der Waals surface area contributed by atoms with Crippen molar-refractivity contribution in [2.24, 2.45) is 0 Å². The molecule has 3 aromatic heterocycles. The van der Waals surface area contributed by atoms with Crippen molar-refractivity contribution < 1.29 is 27.5 Å². The molecule has 1 aliphatic rings. The molecule has 4 rings (SSSR count). The highest BCUT2D eigenvalue weighted by Gasteiger charge is 2.47. The van der Waals surface area contributed by atoms with Gasteiger partial charge in [0.25, 0.3) is 11.8 Å². The number of aromatic nitrogens is 3. The minimum Gasteiger partial charge on any atom is -0.480 e. The van der Waals surface area contributed by atoms with Crippen molar-refractivity contribution in [3.63, 3.8) is 0 Å². The third-order valence-corrected chi connectivity index (χ3v) is 6.05. The number of carbonyl (C=O) groups excluding carboxylic acids is 2. The monoisotopic (exact) mass is 501 g/mol. The van der Waals surface area contributed by atoms with Gasteiger partial charge >= 0.3 is 6.18 Å². The molecule has 0 saturated carbocycles. The van der Waals surface area contributed by atoms with E-state index in [1.807, 2.05) is 0 Å². The standard InChI is InChI=1S/C25H26F3N5O3/c1-6-29-21(34)17-10-15(11-30-22(17)36-5)18-9-14(2)19-20(31-18)24(3,4)33(23(19)35)16-7-8-32(12-16)13-25(26,27)28/h7-12H,6,13H2,1-5H3,(H,29,34). The Morgan fingerprint density at radius 1 is 1.25 bits per heavy atom. The highest BCUT2D eigenvalue weighted by Crippen LogP contribution is 2.43. The number of hydrogen-bond donors (Lipinski definition) is 1. The molecule has 36 heavy (non-hydrogen) atoms. The first kappa shape index (κ1) is 25.2. The number of amides is 2. The highest BCUT2D eigenvalue weighted by atomic mass is 19.4. The van der Waals surface area contributed by atoms with Crippen LogP contribution in [-0.4, -0.2) is 46.2 Å². The van der Waals surface area contributed by atoms with Gasteiger partial charge in [-0.1, -0.05) is 0 Å². The predicted octanol–water partition coefficient (Wildman–Crippen LogP) is 4.47. The SMILES string of the molecule is CCNC(=O)c1cc(-c2cc(C)c3c(n2)C(C)(C)N(c2ccn(CC(F)(F)F)c2)C3=O)cnc1OC. The molecule has 11 heteroatoms. The largest absolute Gasteiger partial charge is 0.480 e. The second-order valence-corrected chi connectivity index (χ2v) is 9.05. The van der Waals surface area contributed by atoms with Crippen LogP contribution in [0.15, 0.2) is 36.8 Å². The first-order valence-corrected chi connectivity index (χ1v) is 11.3. The Labute approximate surface area is 206 Å². The van der Waals surface area contributed by atoms with Gasteiger partial charge in [-0.05, 0) is 51.5 Å². The zero-order chi connectivity index (χ0) is 26.4.